The Morgan fingerprint density at radius 1 is 1.25 bits per heavy atom. The molecule has 4 heteroatoms. The Hall–Kier alpha value is 2.19. The molecule has 25 valence electrons. The average molecular weight is 488 g/mol. The molecule has 0 saturated heterocycles. The molecule has 0 bridgehead atoms. The Kier molecular flexibility index (Phi) is 77.8. The van der Waals surface area contributed by atoms with Gasteiger partial charge < -0.3 is 0 Å². The van der Waals surface area contributed by atoms with Crippen molar-refractivity contribution in [3.63, 3.8) is 0 Å². The summed E-state index contributed by atoms with van der Waals surface area (Å²) in [7, 11) is 0. The predicted octanol–water partition coefficient (Wildman–Crippen LogP) is -2.22. The Labute approximate surface area is 73.4 Å². The van der Waals surface area contributed by atoms with E-state index in [1.165, 1.54) is 0 Å². The van der Waals surface area contributed by atoms with Gasteiger partial charge >= 0.3 is 74.5 Å². The minimum absolute atomic E-state index is 0. The van der Waals surface area contributed by atoms with Crippen molar-refractivity contribution in [2.24, 2.45) is 0 Å². The van der Waals surface area contributed by atoms with Gasteiger partial charge in [0.1, 0.15) is 0 Å². The fourth-order valence-electron chi connectivity index (χ4n) is 0. The van der Waals surface area contributed by atoms with E-state index >= 15 is 0 Å². The molecule has 0 unspecified atom stereocenters. The van der Waals surface area contributed by atoms with Crippen LogP contribution in [0.5, 0.6) is 0 Å². The van der Waals surface area contributed by atoms with Gasteiger partial charge in [-0.2, -0.15) is 0 Å². The van der Waals surface area contributed by atoms with E-state index in [1.807, 2.05) is 0 Å². The SMILES string of the molecule is [BiH3].[O]=[V].[PbH2]. The third kappa shape index (κ3) is 8.89. The van der Waals surface area contributed by atoms with E-state index < -0.39 is 0 Å². The molecule has 4 heavy (non-hydrogen) atoms. The molecule has 0 atom stereocenters. The van der Waals surface area contributed by atoms with E-state index in [4.69, 9.17) is 3.67 Å². The van der Waals surface area contributed by atoms with Gasteiger partial charge in [-0.1, -0.05) is 0 Å². The van der Waals surface area contributed by atoms with Crippen molar-refractivity contribution in [1.82, 2.24) is 0 Å². The number of hydrogen-bond acceptors (Lipinski definition) is 1. The summed E-state index contributed by atoms with van der Waals surface area (Å²) in [6, 6.07) is 0. The van der Waals surface area contributed by atoms with Crippen LogP contribution < -0.4 is 0 Å². The van der Waals surface area contributed by atoms with Crippen molar-refractivity contribution in [2.45, 2.75) is 0 Å². The summed E-state index contributed by atoms with van der Waals surface area (Å²) in [5.41, 5.74) is 0. The molecule has 0 saturated carbocycles. The van der Waals surface area contributed by atoms with Gasteiger partial charge in [0, 0.05) is 0 Å². The minimum atomic E-state index is 0. The predicted molar refractivity (Wildman–Crippen MR) is 19.2 cm³/mol. The fourth-order valence-corrected chi connectivity index (χ4v) is 0. The van der Waals surface area contributed by atoms with Crippen LogP contribution in [0.4, 0.5) is 0 Å². The van der Waals surface area contributed by atoms with Gasteiger partial charge in [0.2, 0.25) is 0 Å². The van der Waals surface area contributed by atoms with Gasteiger partial charge in [0.15, 0.2) is 0 Å². The van der Waals surface area contributed by atoms with Crippen LogP contribution in [0.2, 0.25) is 0 Å². The van der Waals surface area contributed by atoms with Crippen LogP contribution in [0.25, 0.3) is 0 Å². The first-order valence-corrected chi connectivity index (χ1v) is 0.753. The van der Waals surface area contributed by atoms with Crippen LogP contribution in [0.1, 0.15) is 0 Å². The van der Waals surface area contributed by atoms with Crippen LogP contribution in [0.3, 0.4) is 0 Å². The van der Waals surface area contributed by atoms with E-state index in [-0.39, 0.29) is 53.5 Å². The molecule has 0 spiro atoms. The van der Waals surface area contributed by atoms with Crippen molar-refractivity contribution in [2.75, 3.05) is 0 Å². The first-order chi connectivity index (χ1) is 1.00. The maximum atomic E-state index is 8.19. The Morgan fingerprint density at radius 3 is 1.25 bits per heavy atom. The topological polar surface area (TPSA) is 17.1 Å². The molecule has 0 rings (SSSR count). The normalized spacial score (nSPS) is 0.750. The second-order valence-corrected chi connectivity index (χ2v) is 0. The maximum absolute atomic E-state index is 8.19. The van der Waals surface area contributed by atoms with Gasteiger partial charge in [-0.05, 0) is 0 Å². The standard InChI is InChI=1S/Bi.O.Pb.V.5H. The Bertz CT molecular complexity index is 8.00. The molecule has 0 aromatic rings. The van der Waals surface area contributed by atoms with E-state index in [0.29, 0.717) is 0 Å². The second kappa shape index (κ2) is 19.0. The summed E-state index contributed by atoms with van der Waals surface area (Å²) in [5.74, 6) is 0. The molecule has 0 aliphatic rings. The monoisotopic (exact) mass is 489 g/mol. The van der Waals surface area contributed by atoms with Crippen molar-refractivity contribution in [1.29, 1.82) is 0 Å². The molecule has 0 aromatic carbocycles. The summed E-state index contributed by atoms with van der Waals surface area (Å²) >= 11 is 1.06. The molecule has 0 aromatic heterocycles. The summed E-state index contributed by atoms with van der Waals surface area (Å²) in [5, 5.41) is 0. The van der Waals surface area contributed by atoms with Crippen LogP contribution in [-0.4, -0.2) is 53.5 Å². The van der Waals surface area contributed by atoms with Crippen molar-refractivity contribution in [3.8, 4) is 0 Å². The van der Waals surface area contributed by atoms with Crippen molar-refractivity contribution in [3.05, 3.63) is 0 Å². The van der Waals surface area contributed by atoms with Crippen LogP contribution in [0, 0.1) is 0 Å². The zero-order valence-electron chi connectivity index (χ0n) is 2.27. The van der Waals surface area contributed by atoms with Crippen molar-refractivity contribution >= 4 is 53.5 Å². The molecule has 0 heterocycles. The summed E-state index contributed by atoms with van der Waals surface area (Å²) in [6.45, 7) is 0. The fraction of sp³-hybridized carbons (Fsp3) is 0. The molecule has 0 aliphatic carbocycles. The summed E-state index contributed by atoms with van der Waals surface area (Å²) in [6.07, 6.45) is 0. The number of rotatable bonds is 0. The van der Waals surface area contributed by atoms with Gasteiger partial charge in [-0.25, -0.2) is 0 Å². The molecular weight excluding hydrogens is 483 g/mol. The molecule has 0 aliphatic heterocycles. The zero-order valence-corrected chi connectivity index (χ0v) is 14.7. The van der Waals surface area contributed by atoms with Gasteiger partial charge in [0.05, 0.1) is 0 Å². The van der Waals surface area contributed by atoms with E-state index in [9.17, 15) is 0 Å². The summed E-state index contributed by atoms with van der Waals surface area (Å²) < 4.78 is 8.19. The molecule has 0 N–H and O–H groups in total. The average Bonchev–Trinajstić information content (AvgIpc) is 1.00. The molecular formula is H5BiOPbV. The van der Waals surface area contributed by atoms with E-state index in [2.05, 4.69) is 0 Å². The Balaban J connectivity index is -0.00000000500. The molecule has 0 amide bonds. The van der Waals surface area contributed by atoms with Crippen LogP contribution >= 0.6 is 0 Å². The number of hydrogen-bond donors (Lipinski definition) is 0. The Morgan fingerprint density at radius 2 is 1.25 bits per heavy atom. The third-order valence-electron chi connectivity index (χ3n) is 0. The van der Waals surface area contributed by atoms with E-state index in [1.54, 1.807) is 0 Å². The third-order valence-corrected chi connectivity index (χ3v) is 0. The van der Waals surface area contributed by atoms with Crippen LogP contribution in [-0.2, 0) is 21.0 Å². The quantitative estimate of drug-likeness (QED) is 0.354. The van der Waals surface area contributed by atoms with E-state index in [0.717, 1.165) is 17.4 Å². The summed E-state index contributed by atoms with van der Waals surface area (Å²) in [4.78, 5) is 0. The van der Waals surface area contributed by atoms with Gasteiger partial charge in [0.25, 0.3) is 0 Å². The first-order valence-electron chi connectivity index (χ1n) is 0.183. The molecule has 2 radical (unpaired) electrons. The first kappa shape index (κ1) is 16.4. The van der Waals surface area contributed by atoms with Crippen LogP contribution in [0.15, 0.2) is 0 Å². The molecule has 1 nitrogen and oxygen atoms in total. The zero-order chi connectivity index (χ0) is 2.00. The van der Waals surface area contributed by atoms with Gasteiger partial charge in [-0.3, -0.25) is 0 Å². The second-order valence-electron chi connectivity index (χ2n) is 0. The molecule has 0 fully saturated rings. The van der Waals surface area contributed by atoms with Gasteiger partial charge in [-0.15, -0.1) is 0 Å². The van der Waals surface area contributed by atoms with Crippen molar-refractivity contribution < 1.29 is 21.0 Å².